The van der Waals surface area contributed by atoms with Gasteiger partial charge in [-0.25, -0.2) is 0 Å². The predicted octanol–water partition coefficient (Wildman–Crippen LogP) is 6.24. The Morgan fingerprint density at radius 1 is 0.727 bits per heavy atom. The largest absolute Gasteiger partial charge is 0.497 e. The maximum atomic E-state index is 13.4. The van der Waals surface area contributed by atoms with Gasteiger partial charge in [0.2, 0.25) is 5.91 Å². The van der Waals surface area contributed by atoms with E-state index in [9.17, 15) is 14.4 Å². The molecule has 4 rings (SSSR count). The first-order chi connectivity index (χ1) is 21.3. The lowest BCUT2D eigenvalue weighted by atomic mass is 10.1. The first-order valence-corrected chi connectivity index (χ1v) is 14.5. The van der Waals surface area contributed by atoms with E-state index in [-0.39, 0.29) is 16.9 Å². The summed E-state index contributed by atoms with van der Waals surface area (Å²) in [7, 11) is 4.63. The van der Waals surface area contributed by atoms with E-state index in [4.69, 9.17) is 14.2 Å². The minimum Gasteiger partial charge on any atom is -0.497 e. The topological polar surface area (TPSA) is 115 Å². The Bertz CT molecular complexity index is 1640. The molecule has 9 nitrogen and oxygen atoms in total. The minimum absolute atomic E-state index is 0.0346. The highest BCUT2D eigenvalue weighted by atomic mass is 32.2. The molecule has 0 fully saturated rings. The SMILES string of the molecule is COc1cccc(NC(=O)C(C)Sc2ccc(NC(=O)/C(=C/c3ccc(OC)c(OC)c3)NC(=O)c3ccccc3)cc2)c1. The van der Waals surface area contributed by atoms with Gasteiger partial charge in [0.05, 0.1) is 26.6 Å². The van der Waals surface area contributed by atoms with Crippen molar-refractivity contribution in [1.82, 2.24) is 5.32 Å². The first kappa shape index (κ1) is 31.7. The molecule has 4 aromatic rings. The van der Waals surface area contributed by atoms with E-state index in [2.05, 4.69) is 16.0 Å². The van der Waals surface area contributed by atoms with Crippen molar-refractivity contribution in [2.45, 2.75) is 17.1 Å². The Balaban J connectivity index is 1.46. The zero-order valence-corrected chi connectivity index (χ0v) is 25.6. The van der Waals surface area contributed by atoms with Crippen LogP contribution in [0.4, 0.5) is 11.4 Å². The number of amides is 3. The van der Waals surface area contributed by atoms with E-state index in [1.807, 2.05) is 19.1 Å². The molecule has 1 unspecified atom stereocenters. The molecule has 0 saturated heterocycles. The van der Waals surface area contributed by atoms with E-state index in [0.29, 0.717) is 39.8 Å². The number of hydrogen-bond acceptors (Lipinski definition) is 7. The summed E-state index contributed by atoms with van der Waals surface area (Å²) >= 11 is 1.38. The molecule has 4 aromatic carbocycles. The number of hydrogen-bond donors (Lipinski definition) is 3. The second-order valence-corrected chi connectivity index (χ2v) is 10.9. The molecule has 44 heavy (non-hydrogen) atoms. The van der Waals surface area contributed by atoms with Crippen molar-refractivity contribution >= 4 is 46.9 Å². The maximum Gasteiger partial charge on any atom is 0.272 e. The molecular formula is C34H33N3O6S. The number of anilines is 2. The Kier molecular flexibility index (Phi) is 11.0. The van der Waals surface area contributed by atoms with Gasteiger partial charge >= 0.3 is 0 Å². The molecule has 0 bridgehead atoms. The van der Waals surface area contributed by atoms with Crippen molar-refractivity contribution in [1.29, 1.82) is 0 Å². The van der Waals surface area contributed by atoms with Crippen molar-refractivity contribution in [2.24, 2.45) is 0 Å². The fourth-order valence-corrected chi connectivity index (χ4v) is 4.94. The molecule has 0 spiro atoms. The maximum absolute atomic E-state index is 13.4. The summed E-state index contributed by atoms with van der Waals surface area (Å²) in [6, 6.07) is 28.1. The van der Waals surface area contributed by atoms with Gasteiger partial charge in [-0.15, -0.1) is 11.8 Å². The third-order valence-electron chi connectivity index (χ3n) is 6.38. The van der Waals surface area contributed by atoms with E-state index in [1.165, 1.54) is 26.0 Å². The number of thioether (sulfide) groups is 1. The van der Waals surface area contributed by atoms with Crippen molar-refractivity contribution in [3.05, 3.63) is 114 Å². The Labute approximate surface area is 260 Å². The molecule has 0 aliphatic heterocycles. The fraction of sp³-hybridized carbons (Fsp3) is 0.147. The molecular weight excluding hydrogens is 578 g/mol. The third kappa shape index (κ3) is 8.65. The summed E-state index contributed by atoms with van der Waals surface area (Å²) in [5.41, 5.74) is 2.22. The van der Waals surface area contributed by atoms with E-state index >= 15 is 0 Å². The first-order valence-electron chi connectivity index (χ1n) is 13.6. The highest BCUT2D eigenvalue weighted by molar-refractivity contribution is 8.00. The van der Waals surface area contributed by atoms with Gasteiger partial charge in [0.15, 0.2) is 11.5 Å². The van der Waals surface area contributed by atoms with Gasteiger partial charge < -0.3 is 30.2 Å². The summed E-state index contributed by atoms with van der Waals surface area (Å²) in [6.07, 6.45) is 1.56. The van der Waals surface area contributed by atoms with Crippen LogP contribution >= 0.6 is 11.8 Å². The zero-order valence-electron chi connectivity index (χ0n) is 24.8. The molecule has 1 atom stereocenters. The van der Waals surface area contributed by atoms with Gasteiger partial charge in [-0.2, -0.15) is 0 Å². The minimum atomic E-state index is -0.518. The lowest BCUT2D eigenvalue weighted by Crippen LogP contribution is -2.30. The average Bonchev–Trinajstić information content (AvgIpc) is 3.05. The highest BCUT2D eigenvalue weighted by Crippen LogP contribution is 2.29. The monoisotopic (exact) mass is 611 g/mol. The summed E-state index contributed by atoms with van der Waals surface area (Å²) in [4.78, 5) is 40.0. The molecule has 3 amide bonds. The van der Waals surface area contributed by atoms with E-state index < -0.39 is 11.8 Å². The van der Waals surface area contributed by atoms with Gasteiger partial charge in [-0.1, -0.05) is 30.3 Å². The number of nitrogens with one attached hydrogen (secondary N) is 3. The van der Waals surface area contributed by atoms with Crippen LogP contribution in [-0.2, 0) is 9.59 Å². The summed E-state index contributed by atoms with van der Waals surface area (Å²) in [6.45, 7) is 1.82. The second kappa shape index (κ2) is 15.3. The standard InChI is InChI=1S/C34H33N3O6S/c1-22(32(38)36-26-11-8-12-27(21-26)41-2)44-28-16-14-25(15-17-28)35-34(40)29(37-33(39)24-9-6-5-7-10-24)19-23-13-18-30(42-3)31(20-23)43-4/h5-22H,1-4H3,(H,35,40)(H,36,38)(H,37,39)/b29-19-. The van der Waals surface area contributed by atoms with Crippen molar-refractivity contribution < 1.29 is 28.6 Å². The number of carbonyl (C=O) groups is 3. The van der Waals surface area contributed by atoms with Crippen molar-refractivity contribution in [2.75, 3.05) is 32.0 Å². The summed E-state index contributed by atoms with van der Waals surface area (Å²) in [5, 5.41) is 8.08. The molecule has 3 N–H and O–H groups in total. The molecule has 10 heteroatoms. The average molecular weight is 612 g/mol. The van der Waals surface area contributed by atoms with Gasteiger partial charge in [0, 0.05) is 27.9 Å². The molecule has 226 valence electrons. The van der Waals surface area contributed by atoms with Gasteiger partial charge in [0.25, 0.3) is 11.8 Å². The lowest BCUT2D eigenvalue weighted by molar-refractivity contribution is -0.115. The number of rotatable bonds is 12. The molecule has 0 aliphatic carbocycles. The van der Waals surface area contributed by atoms with Crippen LogP contribution in [0.1, 0.15) is 22.8 Å². The smallest absolute Gasteiger partial charge is 0.272 e. The van der Waals surface area contributed by atoms with Gasteiger partial charge in [-0.05, 0) is 79.2 Å². The fourth-order valence-electron chi connectivity index (χ4n) is 4.07. The predicted molar refractivity (Wildman–Crippen MR) is 173 cm³/mol. The van der Waals surface area contributed by atoms with Crippen LogP contribution in [0.5, 0.6) is 17.2 Å². The van der Waals surface area contributed by atoms with Crippen LogP contribution in [0.25, 0.3) is 6.08 Å². The molecule has 0 saturated carbocycles. The Morgan fingerprint density at radius 3 is 2.14 bits per heavy atom. The van der Waals surface area contributed by atoms with E-state index in [1.54, 1.807) is 98.1 Å². The van der Waals surface area contributed by atoms with E-state index in [0.717, 1.165) is 4.90 Å². The summed E-state index contributed by atoms with van der Waals surface area (Å²) in [5.74, 6) is 0.571. The van der Waals surface area contributed by atoms with Gasteiger partial charge in [-0.3, -0.25) is 14.4 Å². The van der Waals surface area contributed by atoms with Crippen LogP contribution in [0.3, 0.4) is 0 Å². The van der Waals surface area contributed by atoms with Crippen molar-refractivity contribution in [3.63, 3.8) is 0 Å². The lowest BCUT2D eigenvalue weighted by Gasteiger charge is -2.14. The number of methoxy groups -OCH3 is 3. The number of benzene rings is 4. The van der Waals surface area contributed by atoms with Crippen LogP contribution in [0.15, 0.2) is 108 Å². The highest BCUT2D eigenvalue weighted by Gasteiger charge is 2.17. The van der Waals surface area contributed by atoms with Crippen LogP contribution < -0.4 is 30.2 Å². The number of ether oxygens (including phenoxy) is 3. The summed E-state index contributed by atoms with van der Waals surface area (Å²) < 4.78 is 15.9. The van der Waals surface area contributed by atoms with Crippen LogP contribution in [0, 0.1) is 0 Å². The molecule has 0 heterocycles. The van der Waals surface area contributed by atoms with Crippen molar-refractivity contribution in [3.8, 4) is 17.2 Å². The zero-order chi connectivity index (χ0) is 31.5. The number of carbonyl (C=O) groups excluding carboxylic acids is 3. The normalized spacial score (nSPS) is 11.6. The van der Waals surface area contributed by atoms with Crippen LogP contribution in [-0.4, -0.2) is 44.3 Å². The third-order valence-corrected chi connectivity index (χ3v) is 7.49. The second-order valence-electron chi connectivity index (χ2n) is 9.45. The molecule has 0 aromatic heterocycles. The quantitative estimate of drug-likeness (QED) is 0.128. The van der Waals surface area contributed by atoms with Crippen LogP contribution in [0.2, 0.25) is 0 Å². The Morgan fingerprint density at radius 2 is 1.45 bits per heavy atom. The Hall–Kier alpha value is -5.22. The molecule has 0 aliphatic rings. The molecule has 0 radical (unpaired) electrons. The van der Waals surface area contributed by atoms with Gasteiger partial charge in [0.1, 0.15) is 11.4 Å².